The van der Waals surface area contributed by atoms with Gasteiger partial charge in [-0.3, -0.25) is 0 Å². The summed E-state index contributed by atoms with van der Waals surface area (Å²) < 4.78 is 0. The molecule has 0 aromatic carbocycles. The van der Waals surface area contributed by atoms with Crippen LogP contribution >= 0.6 is 0 Å². The Morgan fingerprint density at radius 1 is 0.684 bits per heavy atom. The minimum Gasteiger partial charge on any atom is -0.307 e. The SMILES string of the molecule is CC(C)(C#N)CC(C)(C)NC(C)(C)CC(C)(C)C#N. The van der Waals surface area contributed by atoms with Gasteiger partial charge in [0.2, 0.25) is 0 Å². The summed E-state index contributed by atoms with van der Waals surface area (Å²) in [4.78, 5) is 0. The lowest BCUT2D eigenvalue weighted by Gasteiger charge is -2.41. The molecule has 3 nitrogen and oxygen atoms in total. The summed E-state index contributed by atoms with van der Waals surface area (Å²) in [6.07, 6.45) is 1.54. The molecule has 0 saturated heterocycles. The summed E-state index contributed by atoms with van der Waals surface area (Å²) >= 11 is 0. The van der Waals surface area contributed by atoms with Crippen molar-refractivity contribution in [2.75, 3.05) is 0 Å². The summed E-state index contributed by atoms with van der Waals surface area (Å²) in [5.41, 5.74) is -0.989. The van der Waals surface area contributed by atoms with Crippen LogP contribution in [0.4, 0.5) is 0 Å². The maximum Gasteiger partial charge on any atom is 0.0684 e. The fraction of sp³-hybridized carbons (Fsp3) is 0.875. The number of nitrogens with zero attached hydrogens (tertiary/aromatic N) is 2. The van der Waals surface area contributed by atoms with Crippen molar-refractivity contribution >= 4 is 0 Å². The van der Waals surface area contributed by atoms with Crippen LogP contribution in [0, 0.1) is 33.5 Å². The van der Waals surface area contributed by atoms with Gasteiger partial charge in [0.05, 0.1) is 23.0 Å². The van der Waals surface area contributed by atoms with Crippen molar-refractivity contribution < 1.29 is 0 Å². The van der Waals surface area contributed by atoms with Crippen molar-refractivity contribution in [3.63, 3.8) is 0 Å². The maximum atomic E-state index is 9.16. The molecular formula is C16H29N3. The van der Waals surface area contributed by atoms with Gasteiger partial charge in [0, 0.05) is 11.1 Å². The Balaban J connectivity index is 4.84. The maximum absolute atomic E-state index is 9.16. The van der Waals surface area contributed by atoms with Gasteiger partial charge in [0.15, 0.2) is 0 Å². The first-order valence-corrected chi connectivity index (χ1v) is 6.86. The Morgan fingerprint density at radius 2 is 0.947 bits per heavy atom. The molecule has 1 N–H and O–H groups in total. The van der Waals surface area contributed by atoms with Crippen LogP contribution in [0.15, 0.2) is 0 Å². The summed E-state index contributed by atoms with van der Waals surface area (Å²) in [6.45, 7) is 16.3. The summed E-state index contributed by atoms with van der Waals surface area (Å²) in [5.74, 6) is 0. The van der Waals surface area contributed by atoms with E-state index in [2.05, 4.69) is 45.2 Å². The second kappa shape index (κ2) is 5.51. The molecule has 0 radical (unpaired) electrons. The summed E-state index contributed by atoms with van der Waals surface area (Å²) in [5, 5.41) is 21.9. The van der Waals surface area contributed by atoms with Crippen molar-refractivity contribution in [2.45, 2.75) is 79.3 Å². The van der Waals surface area contributed by atoms with Gasteiger partial charge in [-0.15, -0.1) is 0 Å². The first-order valence-electron chi connectivity index (χ1n) is 6.86. The van der Waals surface area contributed by atoms with Gasteiger partial charge in [-0.25, -0.2) is 0 Å². The topological polar surface area (TPSA) is 59.6 Å². The normalized spacial score (nSPS) is 13.8. The third-order valence-electron chi connectivity index (χ3n) is 3.05. The van der Waals surface area contributed by atoms with E-state index in [1.807, 2.05) is 27.7 Å². The Kier molecular flexibility index (Phi) is 5.21. The van der Waals surface area contributed by atoms with E-state index in [1.165, 1.54) is 0 Å². The second-order valence-electron chi connectivity index (χ2n) is 8.24. The molecule has 0 saturated carbocycles. The van der Waals surface area contributed by atoms with Crippen LogP contribution in [0.25, 0.3) is 0 Å². The zero-order valence-electron chi connectivity index (χ0n) is 13.8. The number of hydrogen-bond acceptors (Lipinski definition) is 3. The van der Waals surface area contributed by atoms with Crippen LogP contribution in [-0.4, -0.2) is 11.1 Å². The minimum atomic E-state index is -0.350. The van der Waals surface area contributed by atoms with Crippen molar-refractivity contribution in [1.82, 2.24) is 5.32 Å². The predicted molar refractivity (Wildman–Crippen MR) is 79.3 cm³/mol. The molecule has 3 heteroatoms. The Labute approximate surface area is 119 Å². The quantitative estimate of drug-likeness (QED) is 0.787. The highest BCUT2D eigenvalue weighted by atomic mass is 15.0. The minimum absolute atomic E-state index is 0.145. The van der Waals surface area contributed by atoms with E-state index < -0.39 is 0 Å². The number of hydrogen-bond donors (Lipinski definition) is 1. The molecule has 0 amide bonds. The molecule has 19 heavy (non-hydrogen) atoms. The van der Waals surface area contributed by atoms with Crippen LogP contribution in [0.3, 0.4) is 0 Å². The van der Waals surface area contributed by atoms with E-state index in [0.717, 1.165) is 12.8 Å². The lowest BCUT2D eigenvalue weighted by atomic mass is 9.77. The van der Waals surface area contributed by atoms with Crippen molar-refractivity contribution in [2.24, 2.45) is 10.8 Å². The number of nitriles is 2. The van der Waals surface area contributed by atoms with Gasteiger partial charge in [-0.1, -0.05) is 0 Å². The lowest BCUT2D eigenvalue weighted by Crippen LogP contribution is -2.54. The molecule has 0 unspecified atom stereocenters. The Hall–Kier alpha value is -1.06. The van der Waals surface area contributed by atoms with E-state index in [9.17, 15) is 0 Å². The molecule has 0 aromatic rings. The Morgan fingerprint density at radius 3 is 1.16 bits per heavy atom. The van der Waals surface area contributed by atoms with Gasteiger partial charge >= 0.3 is 0 Å². The molecule has 0 aliphatic heterocycles. The first kappa shape index (κ1) is 17.9. The highest BCUT2D eigenvalue weighted by Gasteiger charge is 2.36. The lowest BCUT2D eigenvalue weighted by molar-refractivity contribution is 0.176. The molecule has 0 atom stereocenters. The molecule has 0 aliphatic carbocycles. The van der Waals surface area contributed by atoms with E-state index in [1.54, 1.807) is 0 Å². The molecule has 0 bridgehead atoms. The van der Waals surface area contributed by atoms with Crippen LogP contribution in [0.5, 0.6) is 0 Å². The van der Waals surface area contributed by atoms with E-state index in [-0.39, 0.29) is 21.9 Å². The average molecular weight is 263 g/mol. The second-order valence-corrected chi connectivity index (χ2v) is 8.24. The molecule has 0 heterocycles. The number of nitrogens with one attached hydrogen (secondary N) is 1. The molecular weight excluding hydrogens is 234 g/mol. The first-order chi connectivity index (χ1) is 8.24. The summed E-state index contributed by atoms with van der Waals surface area (Å²) in [7, 11) is 0. The largest absolute Gasteiger partial charge is 0.307 e. The summed E-state index contributed by atoms with van der Waals surface area (Å²) in [6, 6.07) is 4.70. The molecule has 0 spiro atoms. The zero-order valence-corrected chi connectivity index (χ0v) is 13.8. The number of rotatable bonds is 6. The Bertz CT molecular complexity index is 351. The zero-order chi connectivity index (χ0) is 15.5. The predicted octanol–water partition coefficient (Wildman–Crippen LogP) is 4.01. The highest BCUT2D eigenvalue weighted by Crippen LogP contribution is 2.32. The van der Waals surface area contributed by atoms with Gasteiger partial charge < -0.3 is 5.32 Å². The molecule has 108 valence electrons. The molecule has 0 aromatic heterocycles. The molecule has 0 fully saturated rings. The molecule has 0 aliphatic rings. The fourth-order valence-electron chi connectivity index (χ4n) is 3.29. The van der Waals surface area contributed by atoms with Gasteiger partial charge in [0.25, 0.3) is 0 Å². The molecule has 0 rings (SSSR count). The third-order valence-corrected chi connectivity index (χ3v) is 3.05. The van der Waals surface area contributed by atoms with Crippen molar-refractivity contribution in [3.05, 3.63) is 0 Å². The fourth-order valence-corrected chi connectivity index (χ4v) is 3.29. The smallest absolute Gasteiger partial charge is 0.0684 e. The van der Waals surface area contributed by atoms with Crippen LogP contribution in [-0.2, 0) is 0 Å². The monoisotopic (exact) mass is 263 g/mol. The third kappa shape index (κ3) is 7.19. The van der Waals surface area contributed by atoms with E-state index in [0.29, 0.717) is 0 Å². The van der Waals surface area contributed by atoms with Gasteiger partial charge in [0.1, 0.15) is 0 Å². The standard InChI is InChI=1S/C16H29N3/c1-13(2,11-17)9-15(5,6)19-16(7,8)10-14(3,4)12-18/h19H,9-10H2,1-8H3. The van der Waals surface area contributed by atoms with Gasteiger partial charge in [-0.05, 0) is 68.2 Å². The van der Waals surface area contributed by atoms with Crippen LogP contribution < -0.4 is 5.32 Å². The highest BCUT2D eigenvalue weighted by molar-refractivity contribution is 5.03. The van der Waals surface area contributed by atoms with Crippen LogP contribution in [0.2, 0.25) is 0 Å². The van der Waals surface area contributed by atoms with E-state index >= 15 is 0 Å². The van der Waals surface area contributed by atoms with Gasteiger partial charge in [-0.2, -0.15) is 10.5 Å². The average Bonchev–Trinajstić information content (AvgIpc) is 2.12. The van der Waals surface area contributed by atoms with Crippen LogP contribution in [0.1, 0.15) is 68.2 Å². The van der Waals surface area contributed by atoms with Crippen molar-refractivity contribution in [3.8, 4) is 12.1 Å². The van der Waals surface area contributed by atoms with Crippen molar-refractivity contribution in [1.29, 1.82) is 10.5 Å². The van der Waals surface area contributed by atoms with E-state index in [4.69, 9.17) is 10.5 Å².